The molecule has 0 aliphatic carbocycles. The predicted octanol–water partition coefficient (Wildman–Crippen LogP) is 4.33. The van der Waals surface area contributed by atoms with Crippen molar-refractivity contribution in [2.45, 2.75) is 26.8 Å². The second kappa shape index (κ2) is 8.06. The van der Waals surface area contributed by atoms with Gasteiger partial charge in [-0.3, -0.25) is 4.79 Å². The van der Waals surface area contributed by atoms with E-state index in [9.17, 15) is 4.79 Å². The lowest BCUT2D eigenvalue weighted by Gasteiger charge is -2.17. The van der Waals surface area contributed by atoms with E-state index < -0.39 is 0 Å². The molecule has 0 aliphatic heterocycles. The molecule has 1 amide bonds. The van der Waals surface area contributed by atoms with E-state index in [4.69, 9.17) is 13.9 Å². The molecule has 1 N–H and O–H groups in total. The minimum absolute atomic E-state index is 0.193. The quantitative estimate of drug-likeness (QED) is 0.774. The normalized spacial score (nSPS) is 11.8. The molecule has 1 heterocycles. The Kier molecular flexibility index (Phi) is 6.10. The minimum Gasteiger partial charge on any atom is -0.490 e. The van der Waals surface area contributed by atoms with Crippen molar-refractivity contribution in [1.29, 1.82) is 0 Å². The Morgan fingerprint density at radius 2 is 1.87 bits per heavy atom. The number of ether oxygens (including phenoxy) is 2. The number of benzene rings is 1. The molecule has 0 saturated carbocycles. The van der Waals surface area contributed by atoms with Gasteiger partial charge in [-0.2, -0.15) is 0 Å². The van der Waals surface area contributed by atoms with Crippen LogP contribution in [0.25, 0.3) is 0 Å². The third-order valence-corrected chi connectivity index (χ3v) is 3.64. The Hall–Kier alpha value is -1.95. The molecule has 6 heteroatoms. The van der Waals surface area contributed by atoms with E-state index in [-0.39, 0.29) is 17.7 Å². The first-order valence-electron chi connectivity index (χ1n) is 7.50. The lowest BCUT2D eigenvalue weighted by molar-refractivity contribution is 0.0910. The number of furan rings is 1. The van der Waals surface area contributed by atoms with Crippen LogP contribution in [0.15, 0.2) is 39.4 Å². The van der Waals surface area contributed by atoms with E-state index in [1.54, 1.807) is 12.1 Å². The van der Waals surface area contributed by atoms with Gasteiger partial charge in [0.25, 0.3) is 5.91 Å². The van der Waals surface area contributed by atoms with Gasteiger partial charge in [-0.15, -0.1) is 0 Å². The Bertz CT molecular complexity index is 668. The van der Waals surface area contributed by atoms with Crippen molar-refractivity contribution in [3.8, 4) is 11.5 Å². The molecule has 1 unspecified atom stereocenters. The van der Waals surface area contributed by atoms with Crippen LogP contribution in [-0.2, 0) is 0 Å². The smallest absolute Gasteiger partial charge is 0.287 e. The monoisotopic (exact) mass is 381 g/mol. The summed E-state index contributed by atoms with van der Waals surface area (Å²) in [5, 5.41) is 2.90. The fraction of sp³-hybridized carbons (Fsp3) is 0.353. The van der Waals surface area contributed by atoms with Crippen molar-refractivity contribution < 1.29 is 18.7 Å². The van der Waals surface area contributed by atoms with Gasteiger partial charge in [0.15, 0.2) is 21.9 Å². The molecule has 0 saturated heterocycles. The standard InChI is InChI=1S/C17H20BrNO4/c1-4-21-13-7-6-12(10-15(13)22-5-2)11(3)19-17(20)14-8-9-16(18)23-14/h6-11H,4-5H2,1-3H3,(H,19,20). The molecule has 2 rings (SSSR count). The van der Waals surface area contributed by atoms with Crippen LogP contribution in [0.5, 0.6) is 11.5 Å². The van der Waals surface area contributed by atoms with Crippen molar-refractivity contribution in [2.75, 3.05) is 13.2 Å². The maximum atomic E-state index is 12.1. The molecular weight excluding hydrogens is 362 g/mol. The van der Waals surface area contributed by atoms with Gasteiger partial charge in [-0.25, -0.2) is 0 Å². The average molecular weight is 382 g/mol. The Balaban J connectivity index is 2.13. The van der Waals surface area contributed by atoms with Gasteiger partial charge >= 0.3 is 0 Å². The lowest BCUT2D eigenvalue weighted by atomic mass is 10.1. The van der Waals surface area contributed by atoms with Crippen LogP contribution in [0.2, 0.25) is 0 Å². The predicted molar refractivity (Wildman–Crippen MR) is 91.1 cm³/mol. The first kappa shape index (κ1) is 17.4. The molecule has 1 aromatic carbocycles. The van der Waals surface area contributed by atoms with E-state index in [0.29, 0.717) is 29.4 Å². The average Bonchev–Trinajstić information content (AvgIpc) is 2.96. The van der Waals surface area contributed by atoms with Gasteiger partial charge < -0.3 is 19.2 Å². The van der Waals surface area contributed by atoms with E-state index in [0.717, 1.165) is 5.56 Å². The summed E-state index contributed by atoms with van der Waals surface area (Å²) in [7, 11) is 0. The van der Waals surface area contributed by atoms with Gasteiger partial charge in [0.1, 0.15) is 0 Å². The largest absolute Gasteiger partial charge is 0.490 e. The lowest BCUT2D eigenvalue weighted by Crippen LogP contribution is -2.26. The number of carbonyl (C=O) groups is 1. The fourth-order valence-corrected chi connectivity index (χ4v) is 2.43. The van der Waals surface area contributed by atoms with E-state index in [1.807, 2.05) is 39.0 Å². The van der Waals surface area contributed by atoms with Crippen LogP contribution in [0.3, 0.4) is 0 Å². The van der Waals surface area contributed by atoms with Gasteiger partial charge in [-0.1, -0.05) is 6.07 Å². The zero-order valence-electron chi connectivity index (χ0n) is 13.4. The number of rotatable bonds is 7. The summed E-state index contributed by atoms with van der Waals surface area (Å²) in [5.41, 5.74) is 0.927. The van der Waals surface area contributed by atoms with E-state index >= 15 is 0 Å². The maximum absolute atomic E-state index is 12.1. The van der Waals surface area contributed by atoms with Crippen molar-refractivity contribution in [1.82, 2.24) is 5.32 Å². The van der Waals surface area contributed by atoms with Gasteiger partial charge in [-0.05, 0) is 66.5 Å². The molecule has 1 atom stereocenters. The first-order valence-corrected chi connectivity index (χ1v) is 8.30. The molecule has 0 radical (unpaired) electrons. The van der Waals surface area contributed by atoms with Crippen LogP contribution in [0.4, 0.5) is 0 Å². The van der Waals surface area contributed by atoms with Gasteiger partial charge in [0, 0.05) is 0 Å². The zero-order chi connectivity index (χ0) is 16.8. The Labute approximate surface area is 144 Å². The maximum Gasteiger partial charge on any atom is 0.287 e. The molecule has 124 valence electrons. The topological polar surface area (TPSA) is 60.7 Å². The second-order valence-corrected chi connectivity index (χ2v) is 5.65. The molecule has 0 aliphatic rings. The van der Waals surface area contributed by atoms with Gasteiger partial charge in [0.05, 0.1) is 19.3 Å². The number of nitrogens with one attached hydrogen (secondary N) is 1. The summed E-state index contributed by atoms with van der Waals surface area (Å²) < 4.78 is 16.9. The molecule has 1 aromatic heterocycles. The third kappa shape index (κ3) is 4.51. The Morgan fingerprint density at radius 3 is 2.48 bits per heavy atom. The van der Waals surface area contributed by atoms with E-state index in [2.05, 4.69) is 21.2 Å². The molecule has 23 heavy (non-hydrogen) atoms. The molecule has 0 bridgehead atoms. The van der Waals surface area contributed by atoms with Crippen molar-refractivity contribution >= 4 is 21.8 Å². The van der Waals surface area contributed by atoms with E-state index in [1.165, 1.54) is 0 Å². The summed E-state index contributed by atoms with van der Waals surface area (Å²) in [6.45, 7) is 6.86. The van der Waals surface area contributed by atoms with Crippen LogP contribution in [-0.4, -0.2) is 19.1 Å². The number of carbonyl (C=O) groups excluding carboxylic acids is 1. The number of hydrogen-bond donors (Lipinski definition) is 1. The summed E-state index contributed by atoms with van der Waals surface area (Å²) in [4.78, 5) is 12.1. The number of amides is 1. The summed E-state index contributed by atoms with van der Waals surface area (Å²) in [5.74, 6) is 1.37. The highest BCUT2D eigenvalue weighted by molar-refractivity contribution is 9.10. The molecule has 0 fully saturated rings. The molecule has 2 aromatic rings. The van der Waals surface area contributed by atoms with Crippen LogP contribution in [0, 0.1) is 0 Å². The first-order chi connectivity index (χ1) is 11.0. The summed E-state index contributed by atoms with van der Waals surface area (Å²) in [6.07, 6.45) is 0. The molecule has 0 spiro atoms. The van der Waals surface area contributed by atoms with Crippen molar-refractivity contribution in [3.05, 3.63) is 46.3 Å². The second-order valence-electron chi connectivity index (χ2n) is 4.87. The SMILES string of the molecule is CCOc1ccc(C(C)NC(=O)c2ccc(Br)o2)cc1OCC. The molecule has 5 nitrogen and oxygen atoms in total. The fourth-order valence-electron chi connectivity index (χ4n) is 2.12. The highest BCUT2D eigenvalue weighted by atomic mass is 79.9. The number of hydrogen-bond acceptors (Lipinski definition) is 4. The molecular formula is C17H20BrNO4. The Morgan fingerprint density at radius 1 is 1.17 bits per heavy atom. The summed E-state index contributed by atoms with van der Waals surface area (Å²) in [6, 6.07) is 8.77. The van der Waals surface area contributed by atoms with Gasteiger partial charge in [0.2, 0.25) is 0 Å². The van der Waals surface area contributed by atoms with Crippen LogP contribution in [0.1, 0.15) is 42.9 Å². The highest BCUT2D eigenvalue weighted by Gasteiger charge is 2.16. The highest BCUT2D eigenvalue weighted by Crippen LogP contribution is 2.30. The zero-order valence-corrected chi connectivity index (χ0v) is 15.0. The van der Waals surface area contributed by atoms with Crippen molar-refractivity contribution in [3.63, 3.8) is 0 Å². The number of halogens is 1. The third-order valence-electron chi connectivity index (χ3n) is 3.21. The minimum atomic E-state index is -0.268. The summed E-state index contributed by atoms with van der Waals surface area (Å²) >= 11 is 3.18. The van der Waals surface area contributed by atoms with Crippen LogP contribution < -0.4 is 14.8 Å². The van der Waals surface area contributed by atoms with Crippen molar-refractivity contribution in [2.24, 2.45) is 0 Å². The van der Waals surface area contributed by atoms with Crippen LogP contribution >= 0.6 is 15.9 Å².